The summed E-state index contributed by atoms with van der Waals surface area (Å²) in [5, 5.41) is 27.5. The Kier molecular flexibility index (Phi) is 6.72. The van der Waals surface area contributed by atoms with Crippen molar-refractivity contribution in [3.8, 4) is 33.4 Å². The van der Waals surface area contributed by atoms with E-state index in [2.05, 4.69) is 140 Å². The molecule has 0 bridgehead atoms. The Morgan fingerprint density at radius 3 is 1.73 bits per heavy atom. The van der Waals surface area contributed by atoms with Gasteiger partial charge in [-0.25, -0.2) is 0 Å². The SMILES string of the molecule is OCC1OC(c2ccc3c(-c4ccccc4)c4cc5ccccc5c(-c5ccccc5)c4c(-c4ccccc4)c3c2)CC1O. The molecule has 0 radical (unpaired) electrons. The number of aliphatic hydroxyl groups excluding tert-OH is 2. The molecule has 1 aliphatic heterocycles. The molecule has 1 saturated heterocycles. The van der Waals surface area contributed by atoms with E-state index in [-0.39, 0.29) is 12.7 Å². The molecule has 2 N–H and O–H groups in total. The quantitative estimate of drug-likeness (QED) is 0.202. The van der Waals surface area contributed by atoms with Crippen LogP contribution in [0.4, 0.5) is 0 Å². The zero-order valence-corrected chi connectivity index (χ0v) is 24.2. The molecule has 0 aromatic heterocycles. The van der Waals surface area contributed by atoms with Gasteiger partial charge < -0.3 is 14.9 Å². The number of aliphatic hydroxyl groups is 2. The van der Waals surface area contributed by atoms with Crippen LogP contribution in [0.1, 0.15) is 18.1 Å². The number of rotatable bonds is 5. The fourth-order valence-electron chi connectivity index (χ4n) is 7.10. The van der Waals surface area contributed by atoms with Crippen molar-refractivity contribution >= 4 is 32.3 Å². The number of ether oxygens (including phenoxy) is 1. The molecular formula is C41H32O3. The summed E-state index contributed by atoms with van der Waals surface area (Å²) < 4.78 is 6.16. The van der Waals surface area contributed by atoms with E-state index in [1.807, 2.05) is 0 Å². The molecule has 8 rings (SSSR count). The first kappa shape index (κ1) is 26.8. The lowest BCUT2D eigenvalue weighted by molar-refractivity contribution is -0.0225. The van der Waals surface area contributed by atoms with Gasteiger partial charge in [0.05, 0.1) is 18.8 Å². The van der Waals surface area contributed by atoms with Gasteiger partial charge in [0.15, 0.2) is 0 Å². The average Bonchev–Trinajstić information content (AvgIpc) is 3.47. The zero-order chi connectivity index (χ0) is 29.6. The summed E-state index contributed by atoms with van der Waals surface area (Å²) in [6, 6.07) is 49.7. The maximum atomic E-state index is 10.6. The minimum absolute atomic E-state index is 0.198. The van der Waals surface area contributed by atoms with Crippen molar-refractivity contribution in [1.29, 1.82) is 0 Å². The minimum Gasteiger partial charge on any atom is -0.394 e. The molecule has 3 unspecified atom stereocenters. The Morgan fingerprint density at radius 2 is 1.11 bits per heavy atom. The van der Waals surface area contributed by atoms with E-state index in [4.69, 9.17) is 4.74 Å². The maximum absolute atomic E-state index is 10.6. The van der Waals surface area contributed by atoms with Crippen LogP contribution in [0.2, 0.25) is 0 Å². The minimum atomic E-state index is -0.693. The lowest BCUT2D eigenvalue weighted by atomic mass is 9.80. The van der Waals surface area contributed by atoms with Crippen LogP contribution in [-0.4, -0.2) is 29.0 Å². The van der Waals surface area contributed by atoms with Gasteiger partial charge in [-0.2, -0.15) is 0 Å². The predicted octanol–water partition coefficient (Wildman–Crippen LogP) is 9.33. The summed E-state index contributed by atoms with van der Waals surface area (Å²) in [7, 11) is 0. The summed E-state index contributed by atoms with van der Waals surface area (Å²) in [6.07, 6.45) is -1.11. The van der Waals surface area contributed by atoms with E-state index < -0.39 is 12.2 Å². The third-order valence-corrected chi connectivity index (χ3v) is 9.11. The summed E-state index contributed by atoms with van der Waals surface area (Å²) in [5.74, 6) is 0. The molecule has 0 saturated carbocycles. The maximum Gasteiger partial charge on any atom is 0.107 e. The first-order chi connectivity index (χ1) is 21.7. The highest BCUT2D eigenvalue weighted by Gasteiger charge is 2.34. The van der Waals surface area contributed by atoms with Gasteiger partial charge in [0.2, 0.25) is 0 Å². The normalized spacial score (nSPS) is 18.4. The average molecular weight is 573 g/mol. The van der Waals surface area contributed by atoms with Gasteiger partial charge in [-0.3, -0.25) is 0 Å². The largest absolute Gasteiger partial charge is 0.394 e. The van der Waals surface area contributed by atoms with Crippen LogP contribution in [0.15, 0.2) is 140 Å². The summed E-state index contributed by atoms with van der Waals surface area (Å²) in [4.78, 5) is 0. The predicted molar refractivity (Wildman–Crippen MR) is 181 cm³/mol. The van der Waals surface area contributed by atoms with Crippen molar-refractivity contribution in [3.63, 3.8) is 0 Å². The standard InChI is InChI=1S/C41H32O3/c42-25-37-35(43)24-36(44-37)30-20-21-32-33(23-30)40(28-16-8-3-9-17-28)41-34(38(32)26-12-4-1-5-13-26)22-29-18-10-11-19-31(29)39(41)27-14-6-2-7-15-27/h1-23,35-37,42-43H,24-25H2. The van der Waals surface area contributed by atoms with Gasteiger partial charge in [-0.15, -0.1) is 0 Å². The molecule has 0 spiro atoms. The molecule has 0 aliphatic carbocycles. The molecule has 3 heteroatoms. The van der Waals surface area contributed by atoms with Gasteiger partial charge in [0.25, 0.3) is 0 Å². The highest BCUT2D eigenvalue weighted by molar-refractivity contribution is 6.28. The third kappa shape index (κ3) is 4.40. The van der Waals surface area contributed by atoms with E-state index in [1.54, 1.807) is 0 Å². The molecule has 0 amide bonds. The van der Waals surface area contributed by atoms with E-state index in [0.717, 1.165) is 27.5 Å². The first-order valence-electron chi connectivity index (χ1n) is 15.3. The molecule has 7 aromatic carbocycles. The van der Waals surface area contributed by atoms with E-state index in [9.17, 15) is 10.2 Å². The van der Waals surface area contributed by atoms with Crippen molar-refractivity contribution in [2.24, 2.45) is 0 Å². The van der Waals surface area contributed by atoms with Crippen molar-refractivity contribution in [1.82, 2.24) is 0 Å². The van der Waals surface area contributed by atoms with Crippen molar-refractivity contribution in [3.05, 3.63) is 145 Å². The van der Waals surface area contributed by atoms with E-state index in [1.165, 1.54) is 43.8 Å². The molecule has 3 nitrogen and oxygen atoms in total. The second-order valence-electron chi connectivity index (χ2n) is 11.7. The summed E-state index contributed by atoms with van der Waals surface area (Å²) >= 11 is 0. The van der Waals surface area contributed by atoms with Crippen LogP contribution in [-0.2, 0) is 4.74 Å². The van der Waals surface area contributed by atoms with Crippen LogP contribution in [0.25, 0.3) is 65.7 Å². The lowest BCUT2D eigenvalue weighted by Gasteiger charge is -2.23. The van der Waals surface area contributed by atoms with Gasteiger partial charge in [-0.05, 0) is 83.4 Å². The second kappa shape index (κ2) is 11.0. The van der Waals surface area contributed by atoms with Gasteiger partial charge in [-0.1, -0.05) is 127 Å². The first-order valence-corrected chi connectivity index (χ1v) is 15.3. The van der Waals surface area contributed by atoms with Crippen LogP contribution in [0.3, 0.4) is 0 Å². The third-order valence-electron chi connectivity index (χ3n) is 9.11. The molecule has 44 heavy (non-hydrogen) atoms. The Balaban J connectivity index is 1.59. The molecule has 1 heterocycles. The Hall–Kier alpha value is -4.80. The zero-order valence-electron chi connectivity index (χ0n) is 24.2. The van der Waals surface area contributed by atoms with Gasteiger partial charge in [0.1, 0.15) is 6.10 Å². The monoisotopic (exact) mass is 572 g/mol. The van der Waals surface area contributed by atoms with Crippen molar-refractivity contribution in [2.75, 3.05) is 6.61 Å². The molecule has 1 aliphatic rings. The number of benzene rings is 7. The van der Waals surface area contributed by atoms with Crippen LogP contribution >= 0.6 is 0 Å². The van der Waals surface area contributed by atoms with Gasteiger partial charge >= 0.3 is 0 Å². The highest BCUT2D eigenvalue weighted by Crippen LogP contribution is 2.50. The topological polar surface area (TPSA) is 49.7 Å². The van der Waals surface area contributed by atoms with Crippen LogP contribution in [0, 0.1) is 0 Å². The van der Waals surface area contributed by atoms with Gasteiger partial charge in [0, 0.05) is 6.42 Å². The van der Waals surface area contributed by atoms with Crippen LogP contribution in [0.5, 0.6) is 0 Å². The number of hydrogen-bond donors (Lipinski definition) is 2. The molecule has 3 atom stereocenters. The Morgan fingerprint density at radius 1 is 0.545 bits per heavy atom. The fourth-order valence-corrected chi connectivity index (χ4v) is 7.10. The number of hydrogen-bond acceptors (Lipinski definition) is 3. The summed E-state index contributed by atoms with van der Waals surface area (Å²) in [6.45, 7) is -0.198. The summed E-state index contributed by atoms with van der Waals surface area (Å²) in [5.41, 5.74) is 8.09. The highest BCUT2D eigenvalue weighted by atomic mass is 16.5. The smallest absolute Gasteiger partial charge is 0.107 e. The Labute approximate surface area is 256 Å². The Bertz CT molecular complexity index is 2120. The fraction of sp³-hybridized carbons (Fsp3) is 0.122. The molecule has 7 aromatic rings. The van der Waals surface area contributed by atoms with Crippen LogP contribution < -0.4 is 0 Å². The molecule has 1 fully saturated rings. The van der Waals surface area contributed by atoms with E-state index in [0.29, 0.717) is 6.42 Å². The number of fused-ring (bicyclic) bond motifs is 3. The lowest BCUT2D eigenvalue weighted by Crippen LogP contribution is -2.24. The van der Waals surface area contributed by atoms with E-state index >= 15 is 0 Å². The molecular weight excluding hydrogens is 540 g/mol. The van der Waals surface area contributed by atoms with Crippen molar-refractivity contribution < 1.29 is 14.9 Å². The second-order valence-corrected chi connectivity index (χ2v) is 11.7. The van der Waals surface area contributed by atoms with Crippen molar-refractivity contribution in [2.45, 2.75) is 24.7 Å². The molecule has 214 valence electrons.